The largest absolute Gasteiger partial charge is 0.328 e. The molecule has 0 aliphatic heterocycles. The lowest BCUT2D eigenvalue weighted by Gasteiger charge is -2.27. The predicted octanol–water partition coefficient (Wildman–Crippen LogP) is 2.67. The lowest BCUT2D eigenvalue weighted by atomic mass is 9.86. The third-order valence-corrected chi connectivity index (χ3v) is 4.56. The van der Waals surface area contributed by atoms with Crippen LogP contribution >= 0.6 is 0 Å². The normalized spacial score (nSPS) is 38.8. The Morgan fingerprint density at radius 1 is 1.12 bits per heavy atom. The van der Waals surface area contributed by atoms with E-state index < -0.39 is 0 Å². The molecule has 2 rings (SSSR count). The summed E-state index contributed by atoms with van der Waals surface area (Å²) in [5.41, 5.74) is 6.51. The molecule has 0 heterocycles. The Kier molecular flexibility index (Phi) is 3.91. The highest BCUT2D eigenvalue weighted by Gasteiger charge is 2.31. The van der Waals surface area contributed by atoms with E-state index in [0.29, 0.717) is 11.5 Å². The molecule has 0 aromatic heterocycles. The Balaban J connectivity index is 1.65. The highest BCUT2D eigenvalue weighted by molar-refractivity contribution is 4.87. The van der Waals surface area contributed by atoms with Crippen molar-refractivity contribution in [1.82, 2.24) is 5.32 Å². The van der Waals surface area contributed by atoms with E-state index in [1.165, 1.54) is 51.5 Å². The van der Waals surface area contributed by atoms with Crippen LogP contribution in [-0.2, 0) is 0 Å². The van der Waals surface area contributed by atoms with Crippen LogP contribution in [0.1, 0.15) is 58.8 Å². The van der Waals surface area contributed by atoms with Gasteiger partial charge in [-0.05, 0) is 62.8 Å². The average Bonchev–Trinajstić information content (AvgIpc) is 2.58. The molecule has 16 heavy (non-hydrogen) atoms. The zero-order chi connectivity index (χ0) is 11.6. The Bertz CT molecular complexity index is 217. The molecule has 0 radical (unpaired) electrons. The highest BCUT2D eigenvalue weighted by atomic mass is 14.9. The van der Waals surface area contributed by atoms with Gasteiger partial charge in [-0.2, -0.15) is 0 Å². The fourth-order valence-electron chi connectivity index (χ4n) is 3.34. The molecule has 2 nitrogen and oxygen atoms in total. The molecule has 1 unspecified atom stereocenters. The van der Waals surface area contributed by atoms with Crippen molar-refractivity contribution in [2.75, 3.05) is 6.54 Å². The maximum Gasteiger partial charge on any atom is 0.00724 e. The van der Waals surface area contributed by atoms with E-state index in [2.05, 4.69) is 19.2 Å². The van der Waals surface area contributed by atoms with Crippen molar-refractivity contribution < 1.29 is 0 Å². The summed E-state index contributed by atoms with van der Waals surface area (Å²) in [5.74, 6) is 0.892. The molecule has 0 aromatic rings. The number of hydrogen-bond acceptors (Lipinski definition) is 2. The van der Waals surface area contributed by atoms with Crippen molar-refractivity contribution >= 4 is 0 Å². The Hall–Kier alpha value is -0.0800. The second-order valence-electron chi connectivity index (χ2n) is 6.79. The quantitative estimate of drug-likeness (QED) is 0.773. The molecule has 0 bridgehead atoms. The van der Waals surface area contributed by atoms with Gasteiger partial charge in [0.15, 0.2) is 0 Å². The van der Waals surface area contributed by atoms with E-state index >= 15 is 0 Å². The summed E-state index contributed by atoms with van der Waals surface area (Å²) in [6, 6.07) is 1.27. The third kappa shape index (κ3) is 3.46. The van der Waals surface area contributed by atoms with Gasteiger partial charge in [0.2, 0.25) is 0 Å². The van der Waals surface area contributed by atoms with E-state index in [9.17, 15) is 0 Å². The standard InChI is InChI=1S/C14H28N2/c1-14(2)8-7-13(9-14)16-10-11-3-5-12(15)6-4-11/h11-13,16H,3-10,15H2,1-2H3. The van der Waals surface area contributed by atoms with Crippen molar-refractivity contribution in [3.8, 4) is 0 Å². The van der Waals surface area contributed by atoms with Gasteiger partial charge >= 0.3 is 0 Å². The molecule has 0 aromatic carbocycles. The third-order valence-electron chi connectivity index (χ3n) is 4.56. The van der Waals surface area contributed by atoms with Crippen LogP contribution in [0.2, 0.25) is 0 Å². The summed E-state index contributed by atoms with van der Waals surface area (Å²) in [7, 11) is 0. The Morgan fingerprint density at radius 2 is 1.81 bits per heavy atom. The van der Waals surface area contributed by atoms with Crippen LogP contribution in [0.4, 0.5) is 0 Å². The van der Waals surface area contributed by atoms with Gasteiger partial charge in [-0.25, -0.2) is 0 Å². The average molecular weight is 224 g/mol. The van der Waals surface area contributed by atoms with Crippen LogP contribution in [0.3, 0.4) is 0 Å². The zero-order valence-corrected chi connectivity index (χ0v) is 11.0. The van der Waals surface area contributed by atoms with Gasteiger partial charge in [-0.15, -0.1) is 0 Å². The number of hydrogen-bond donors (Lipinski definition) is 2. The van der Waals surface area contributed by atoms with Crippen LogP contribution in [-0.4, -0.2) is 18.6 Å². The van der Waals surface area contributed by atoms with Crippen molar-refractivity contribution in [1.29, 1.82) is 0 Å². The van der Waals surface area contributed by atoms with E-state index in [4.69, 9.17) is 5.73 Å². The molecular formula is C14H28N2. The molecule has 2 aliphatic rings. The molecule has 0 amide bonds. The smallest absolute Gasteiger partial charge is 0.00724 e. The lowest BCUT2D eigenvalue weighted by Crippen LogP contribution is -2.35. The fraction of sp³-hybridized carbons (Fsp3) is 1.00. The van der Waals surface area contributed by atoms with Crippen LogP contribution < -0.4 is 11.1 Å². The molecule has 94 valence electrons. The first-order valence-corrected chi connectivity index (χ1v) is 7.04. The molecule has 2 aliphatic carbocycles. The van der Waals surface area contributed by atoms with Gasteiger partial charge < -0.3 is 11.1 Å². The summed E-state index contributed by atoms with van der Waals surface area (Å²) in [4.78, 5) is 0. The summed E-state index contributed by atoms with van der Waals surface area (Å²) < 4.78 is 0. The maximum atomic E-state index is 5.93. The second kappa shape index (κ2) is 5.05. The minimum atomic E-state index is 0.488. The molecular weight excluding hydrogens is 196 g/mol. The van der Waals surface area contributed by atoms with Gasteiger partial charge in [0.1, 0.15) is 0 Å². The molecule has 2 saturated carbocycles. The SMILES string of the molecule is CC1(C)CCC(NCC2CCC(N)CC2)C1. The fourth-order valence-corrected chi connectivity index (χ4v) is 3.34. The molecule has 1 atom stereocenters. The molecule has 2 heteroatoms. The highest BCUT2D eigenvalue weighted by Crippen LogP contribution is 2.37. The number of nitrogens with one attached hydrogen (secondary N) is 1. The zero-order valence-electron chi connectivity index (χ0n) is 11.0. The van der Waals surface area contributed by atoms with Gasteiger partial charge in [0.05, 0.1) is 0 Å². The number of nitrogens with two attached hydrogens (primary N) is 1. The van der Waals surface area contributed by atoms with Crippen LogP contribution in [0, 0.1) is 11.3 Å². The predicted molar refractivity (Wildman–Crippen MR) is 69.4 cm³/mol. The van der Waals surface area contributed by atoms with Gasteiger partial charge in [-0.1, -0.05) is 13.8 Å². The second-order valence-corrected chi connectivity index (χ2v) is 6.79. The molecule has 2 fully saturated rings. The summed E-state index contributed by atoms with van der Waals surface area (Å²) in [5, 5.41) is 3.78. The van der Waals surface area contributed by atoms with Gasteiger partial charge in [0.25, 0.3) is 0 Å². The molecule has 3 N–H and O–H groups in total. The van der Waals surface area contributed by atoms with E-state index in [1.54, 1.807) is 0 Å². The summed E-state index contributed by atoms with van der Waals surface area (Å²) >= 11 is 0. The Labute approximate surface area is 100 Å². The van der Waals surface area contributed by atoms with Crippen molar-refractivity contribution in [2.24, 2.45) is 17.1 Å². The van der Waals surface area contributed by atoms with E-state index in [-0.39, 0.29) is 0 Å². The van der Waals surface area contributed by atoms with Gasteiger partial charge in [-0.3, -0.25) is 0 Å². The monoisotopic (exact) mass is 224 g/mol. The van der Waals surface area contributed by atoms with Crippen LogP contribution in [0.5, 0.6) is 0 Å². The van der Waals surface area contributed by atoms with Crippen molar-refractivity contribution in [2.45, 2.75) is 70.9 Å². The van der Waals surface area contributed by atoms with Crippen molar-refractivity contribution in [3.63, 3.8) is 0 Å². The van der Waals surface area contributed by atoms with Crippen LogP contribution in [0.25, 0.3) is 0 Å². The summed E-state index contributed by atoms with van der Waals surface area (Å²) in [6.07, 6.45) is 9.28. The topological polar surface area (TPSA) is 38.0 Å². The lowest BCUT2D eigenvalue weighted by molar-refractivity contribution is 0.297. The first-order chi connectivity index (χ1) is 7.55. The first-order valence-electron chi connectivity index (χ1n) is 7.04. The first kappa shape index (κ1) is 12.4. The maximum absolute atomic E-state index is 5.93. The van der Waals surface area contributed by atoms with E-state index in [0.717, 1.165) is 12.0 Å². The van der Waals surface area contributed by atoms with E-state index in [1.807, 2.05) is 0 Å². The van der Waals surface area contributed by atoms with Crippen molar-refractivity contribution in [3.05, 3.63) is 0 Å². The van der Waals surface area contributed by atoms with Crippen LogP contribution in [0.15, 0.2) is 0 Å². The summed E-state index contributed by atoms with van der Waals surface area (Å²) in [6.45, 7) is 6.02. The molecule has 0 saturated heterocycles. The minimum absolute atomic E-state index is 0.488. The van der Waals surface area contributed by atoms with Gasteiger partial charge in [0, 0.05) is 12.1 Å². The minimum Gasteiger partial charge on any atom is -0.328 e. The molecule has 0 spiro atoms. The Morgan fingerprint density at radius 3 is 2.38 bits per heavy atom. The number of rotatable bonds is 3.